The summed E-state index contributed by atoms with van der Waals surface area (Å²) < 4.78 is 5.19. The van der Waals surface area contributed by atoms with Crippen molar-refractivity contribution in [3.63, 3.8) is 0 Å². The molecule has 0 radical (unpaired) electrons. The number of halogens is 1. The fourth-order valence-electron chi connectivity index (χ4n) is 3.42. The summed E-state index contributed by atoms with van der Waals surface area (Å²) >= 11 is 5.94. The van der Waals surface area contributed by atoms with Crippen molar-refractivity contribution in [3.05, 3.63) is 82.1 Å². The maximum Gasteiger partial charge on any atom is 0.258 e. The predicted octanol–water partition coefficient (Wildman–Crippen LogP) is 4.30. The molecule has 0 unspecified atom stereocenters. The zero-order valence-electron chi connectivity index (χ0n) is 15.7. The average molecular weight is 408 g/mol. The van der Waals surface area contributed by atoms with Crippen molar-refractivity contribution in [2.45, 2.75) is 18.8 Å². The molecule has 0 fully saturated rings. The highest BCUT2D eigenvalue weighted by atomic mass is 35.5. The van der Waals surface area contributed by atoms with Gasteiger partial charge in [0, 0.05) is 23.2 Å². The van der Waals surface area contributed by atoms with Crippen LogP contribution in [0.4, 0.5) is 5.95 Å². The third kappa shape index (κ3) is 4.12. The van der Waals surface area contributed by atoms with Crippen LogP contribution in [0.1, 0.15) is 44.3 Å². The number of rotatable bonds is 4. The minimum Gasteiger partial charge on any atom is -0.497 e. The lowest BCUT2D eigenvalue weighted by molar-refractivity contribution is 0.0962. The zero-order chi connectivity index (χ0) is 20.4. The van der Waals surface area contributed by atoms with E-state index in [1.807, 2.05) is 24.3 Å². The Bertz CT molecular complexity index is 1080. The Morgan fingerprint density at radius 3 is 2.69 bits per heavy atom. The predicted molar refractivity (Wildman–Crippen MR) is 110 cm³/mol. The summed E-state index contributed by atoms with van der Waals surface area (Å²) in [5.74, 6) is 0.592. The molecule has 146 valence electrons. The van der Waals surface area contributed by atoms with Crippen LogP contribution in [-0.4, -0.2) is 28.8 Å². The van der Waals surface area contributed by atoms with E-state index < -0.39 is 0 Å². The SMILES string of the molecule is COc1ccc([C@@H]2CC(=O)c3cnc(NC(=O)c4cccc(Cl)c4)nc3C2)cc1. The van der Waals surface area contributed by atoms with Gasteiger partial charge in [-0.2, -0.15) is 0 Å². The molecule has 0 saturated heterocycles. The normalized spacial score (nSPS) is 15.5. The molecule has 4 rings (SSSR count). The second kappa shape index (κ2) is 8.01. The van der Waals surface area contributed by atoms with Crippen molar-refractivity contribution in [2.24, 2.45) is 0 Å². The topological polar surface area (TPSA) is 81.2 Å². The second-order valence-electron chi connectivity index (χ2n) is 6.82. The van der Waals surface area contributed by atoms with Gasteiger partial charge in [0.25, 0.3) is 5.91 Å². The molecule has 2 aromatic carbocycles. The van der Waals surface area contributed by atoms with E-state index in [9.17, 15) is 9.59 Å². The van der Waals surface area contributed by atoms with E-state index in [0.29, 0.717) is 34.7 Å². The number of carbonyl (C=O) groups excluding carboxylic acids is 2. The number of anilines is 1. The lowest BCUT2D eigenvalue weighted by Gasteiger charge is -2.23. The van der Waals surface area contributed by atoms with E-state index >= 15 is 0 Å². The maximum absolute atomic E-state index is 12.6. The maximum atomic E-state index is 12.6. The Morgan fingerprint density at radius 1 is 1.17 bits per heavy atom. The number of nitrogens with zero attached hydrogens (tertiary/aromatic N) is 2. The molecule has 1 amide bonds. The summed E-state index contributed by atoms with van der Waals surface area (Å²) in [6, 6.07) is 14.3. The number of amides is 1. The van der Waals surface area contributed by atoms with Gasteiger partial charge in [-0.05, 0) is 48.2 Å². The van der Waals surface area contributed by atoms with Crippen molar-refractivity contribution in [1.29, 1.82) is 0 Å². The van der Waals surface area contributed by atoms with Crippen molar-refractivity contribution in [3.8, 4) is 5.75 Å². The van der Waals surface area contributed by atoms with Crippen LogP contribution in [0.3, 0.4) is 0 Å². The van der Waals surface area contributed by atoms with E-state index in [2.05, 4.69) is 15.3 Å². The van der Waals surface area contributed by atoms with Gasteiger partial charge in [-0.3, -0.25) is 14.9 Å². The van der Waals surface area contributed by atoms with E-state index in [1.54, 1.807) is 31.4 Å². The van der Waals surface area contributed by atoms with Crippen molar-refractivity contribution >= 4 is 29.2 Å². The van der Waals surface area contributed by atoms with Gasteiger partial charge in [0.1, 0.15) is 5.75 Å². The number of carbonyl (C=O) groups is 2. The molecule has 1 aromatic heterocycles. The first-order valence-electron chi connectivity index (χ1n) is 9.13. The Labute approximate surface area is 172 Å². The number of fused-ring (bicyclic) bond motifs is 1. The number of Topliss-reactive ketones (excluding diaryl/α,β-unsaturated/α-hetero) is 1. The minimum absolute atomic E-state index is 0.000198. The average Bonchev–Trinajstić information content (AvgIpc) is 2.73. The van der Waals surface area contributed by atoms with Crippen LogP contribution in [0.25, 0.3) is 0 Å². The molecular weight excluding hydrogens is 390 g/mol. The van der Waals surface area contributed by atoms with Crippen molar-refractivity contribution < 1.29 is 14.3 Å². The molecule has 0 saturated carbocycles. The van der Waals surface area contributed by atoms with Gasteiger partial charge in [0.15, 0.2) is 5.78 Å². The first-order chi connectivity index (χ1) is 14.0. The Morgan fingerprint density at radius 2 is 1.97 bits per heavy atom. The number of ether oxygens (including phenoxy) is 1. The molecule has 6 nitrogen and oxygen atoms in total. The van der Waals surface area contributed by atoms with Gasteiger partial charge in [0.2, 0.25) is 5.95 Å². The summed E-state index contributed by atoms with van der Waals surface area (Å²) in [7, 11) is 1.62. The molecular formula is C22H18ClN3O3. The van der Waals surface area contributed by atoms with Crippen molar-refractivity contribution in [1.82, 2.24) is 9.97 Å². The number of methoxy groups -OCH3 is 1. The molecule has 0 spiro atoms. The molecule has 1 N–H and O–H groups in total. The van der Waals surface area contributed by atoms with Crippen LogP contribution < -0.4 is 10.1 Å². The molecule has 1 aliphatic rings. The Kier molecular flexibility index (Phi) is 5.27. The summed E-state index contributed by atoms with van der Waals surface area (Å²) in [6.45, 7) is 0. The van der Waals surface area contributed by atoms with Gasteiger partial charge in [0.05, 0.1) is 18.4 Å². The van der Waals surface area contributed by atoms with Crippen LogP contribution in [-0.2, 0) is 6.42 Å². The second-order valence-corrected chi connectivity index (χ2v) is 7.26. The molecule has 29 heavy (non-hydrogen) atoms. The number of benzene rings is 2. The van der Waals surface area contributed by atoms with Crippen LogP contribution in [0.2, 0.25) is 5.02 Å². The van der Waals surface area contributed by atoms with Gasteiger partial charge in [-0.15, -0.1) is 0 Å². The minimum atomic E-state index is -0.360. The lowest BCUT2D eigenvalue weighted by atomic mass is 9.82. The van der Waals surface area contributed by atoms with Crippen LogP contribution in [0.5, 0.6) is 5.75 Å². The molecule has 0 aliphatic heterocycles. The highest BCUT2D eigenvalue weighted by Crippen LogP contribution is 2.32. The smallest absolute Gasteiger partial charge is 0.258 e. The largest absolute Gasteiger partial charge is 0.497 e. The van der Waals surface area contributed by atoms with Crippen molar-refractivity contribution in [2.75, 3.05) is 12.4 Å². The molecule has 3 aromatic rings. The Hall–Kier alpha value is -3.25. The van der Waals surface area contributed by atoms with Gasteiger partial charge in [-0.25, -0.2) is 9.97 Å². The van der Waals surface area contributed by atoms with Gasteiger partial charge >= 0.3 is 0 Å². The summed E-state index contributed by atoms with van der Waals surface area (Å²) in [5.41, 5.74) is 2.60. The summed E-state index contributed by atoms with van der Waals surface area (Å²) in [4.78, 5) is 33.6. The highest BCUT2D eigenvalue weighted by molar-refractivity contribution is 6.31. The number of aromatic nitrogens is 2. The first kappa shape index (κ1) is 19.1. The highest BCUT2D eigenvalue weighted by Gasteiger charge is 2.28. The Balaban J connectivity index is 1.56. The van der Waals surface area contributed by atoms with Crippen LogP contribution in [0, 0.1) is 0 Å². The molecule has 7 heteroatoms. The van der Waals surface area contributed by atoms with E-state index in [4.69, 9.17) is 16.3 Å². The third-order valence-electron chi connectivity index (χ3n) is 4.94. The molecule has 1 aliphatic carbocycles. The zero-order valence-corrected chi connectivity index (χ0v) is 16.4. The fraction of sp³-hybridized carbons (Fsp3) is 0.182. The summed E-state index contributed by atoms with van der Waals surface area (Å²) in [6.07, 6.45) is 2.48. The van der Waals surface area contributed by atoms with E-state index in [1.165, 1.54) is 6.20 Å². The molecule has 0 bridgehead atoms. The first-order valence-corrected chi connectivity index (χ1v) is 9.51. The standard InChI is InChI=1S/C22H18ClN3O3/c1-29-17-7-5-13(6-8-17)15-10-19-18(20(27)11-15)12-24-22(25-19)26-21(28)14-3-2-4-16(23)9-14/h2-9,12,15H,10-11H2,1H3,(H,24,25,26,28)/t15-/m0/s1. The number of nitrogens with one attached hydrogen (secondary N) is 1. The summed E-state index contributed by atoms with van der Waals surface area (Å²) in [5, 5.41) is 3.14. The number of hydrogen-bond acceptors (Lipinski definition) is 5. The van der Waals surface area contributed by atoms with E-state index in [0.717, 1.165) is 11.3 Å². The lowest BCUT2D eigenvalue weighted by Crippen LogP contribution is -2.22. The molecule has 1 atom stereocenters. The quantitative estimate of drug-likeness (QED) is 0.697. The number of ketones is 1. The molecule has 1 heterocycles. The van der Waals surface area contributed by atoms with E-state index in [-0.39, 0.29) is 23.6 Å². The van der Waals surface area contributed by atoms with Gasteiger partial charge < -0.3 is 4.74 Å². The fourth-order valence-corrected chi connectivity index (χ4v) is 3.61. The van der Waals surface area contributed by atoms with Crippen LogP contribution in [0.15, 0.2) is 54.7 Å². The van der Waals surface area contributed by atoms with Crippen LogP contribution >= 0.6 is 11.6 Å². The third-order valence-corrected chi connectivity index (χ3v) is 5.17. The van der Waals surface area contributed by atoms with Gasteiger partial charge in [-0.1, -0.05) is 29.8 Å². The number of hydrogen-bond donors (Lipinski definition) is 1. The monoisotopic (exact) mass is 407 g/mol.